The van der Waals surface area contributed by atoms with E-state index in [4.69, 9.17) is 5.73 Å². The molecule has 2 fully saturated rings. The number of ether oxygens (including phenoxy) is 1. The van der Waals surface area contributed by atoms with Gasteiger partial charge in [-0.1, -0.05) is 0 Å². The van der Waals surface area contributed by atoms with Crippen molar-refractivity contribution in [2.45, 2.75) is 24.8 Å². The van der Waals surface area contributed by atoms with Gasteiger partial charge in [0.05, 0.1) is 12.5 Å². The number of nitrogens with two attached hydrogens (primary N) is 1. The van der Waals surface area contributed by atoms with Gasteiger partial charge < -0.3 is 10.5 Å². The summed E-state index contributed by atoms with van der Waals surface area (Å²) in [5.41, 5.74) is 4.28. The van der Waals surface area contributed by atoms with Crippen LogP contribution in [0.3, 0.4) is 0 Å². The number of carbonyl (C=O) groups excluding carboxylic acids is 1. The second-order valence-electron chi connectivity index (χ2n) is 3.90. The van der Waals surface area contributed by atoms with Gasteiger partial charge in [-0.25, -0.2) is 8.78 Å². The molecule has 5 heteroatoms. The van der Waals surface area contributed by atoms with Crippen LogP contribution < -0.4 is 5.73 Å². The van der Waals surface area contributed by atoms with Crippen molar-refractivity contribution in [3.63, 3.8) is 0 Å². The molecule has 0 aliphatic heterocycles. The van der Waals surface area contributed by atoms with Gasteiger partial charge in [0.1, 0.15) is 5.92 Å². The fourth-order valence-corrected chi connectivity index (χ4v) is 2.38. The van der Waals surface area contributed by atoms with Gasteiger partial charge in [-0.05, 0) is 12.8 Å². The van der Waals surface area contributed by atoms with E-state index < -0.39 is 23.2 Å². The molecule has 2 N–H and O–H groups in total. The first-order valence-electron chi connectivity index (χ1n) is 4.17. The van der Waals surface area contributed by atoms with Gasteiger partial charge >= 0.3 is 5.97 Å². The summed E-state index contributed by atoms with van der Waals surface area (Å²) < 4.78 is 30.6. The monoisotopic (exact) mass is 191 g/mol. The van der Waals surface area contributed by atoms with Crippen molar-refractivity contribution in [3.05, 3.63) is 0 Å². The van der Waals surface area contributed by atoms with Crippen LogP contribution in [0.1, 0.15) is 12.8 Å². The molecule has 2 aliphatic carbocycles. The number of carbonyl (C=O) groups is 1. The fraction of sp³-hybridized carbons (Fsp3) is 0.875. The molecule has 1 atom stereocenters. The summed E-state index contributed by atoms with van der Waals surface area (Å²) in [5, 5.41) is 0. The summed E-state index contributed by atoms with van der Waals surface area (Å²) in [6.45, 7) is 0. The number of esters is 1. The lowest BCUT2D eigenvalue weighted by Crippen LogP contribution is -2.41. The number of methoxy groups -OCH3 is 1. The van der Waals surface area contributed by atoms with E-state index in [0.717, 1.165) is 7.11 Å². The summed E-state index contributed by atoms with van der Waals surface area (Å²) >= 11 is 0. The van der Waals surface area contributed by atoms with Gasteiger partial charge in [0, 0.05) is 6.04 Å². The molecule has 3 nitrogen and oxygen atoms in total. The Hall–Kier alpha value is -0.710. The molecule has 2 rings (SSSR count). The number of hydrogen-bond acceptors (Lipinski definition) is 3. The quantitative estimate of drug-likeness (QED) is 0.615. The van der Waals surface area contributed by atoms with E-state index in [1.807, 2.05) is 0 Å². The second-order valence-corrected chi connectivity index (χ2v) is 3.90. The lowest BCUT2D eigenvalue weighted by molar-refractivity contribution is -0.145. The number of halogens is 2. The molecule has 0 heterocycles. The van der Waals surface area contributed by atoms with Crippen molar-refractivity contribution < 1.29 is 18.3 Å². The zero-order valence-electron chi connectivity index (χ0n) is 7.22. The molecule has 0 amide bonds. The highest BCUT2D eigenvalue weighted by Gasteiger charge is 2.86. The summed E-state index contributed by atoms with van der Waals surface area (Å²) in [7, 11) is 1.13. The predicted octanol–water partition coefficient (Wildman–Crippen LogP) is 0.532. The highest BCUT2D eigenvalue weighted by molar-refractivity contribution is 5.80. The van der Waals surface area contributed by atoms with E-state index in [2.05, 4.69) is 4.74 Å². The number of rotatable bonds is 1. The molecule has 0 aromatic rings. The van der Waals surface area contributed by atoms with Crippen LogP contribution in [0.15, 0.2) is 0 Å². The number of alkyl halides is 2. The molecule has 1 spiro atoms. The average Bonchev–Trinajstić information content (AvgIpc) is 2.47. The SMILES string of the molecule is COC(=O)[C@H]1C(F)(F)C12CC(N)C2. The third-order valence-electron chi connectivity index (χ3n) is 3.19. The predicted molar refractivity (Wildman–Crippen MR) is 40.1 cm³/mol. The maximum atomic E-state index is 13.2. The largest absolute Gasteiger partial charge is 0.469 e. The molecule has 0 aromatic carbocycles. The van der Waals surface area contributed by atoms with E-state index in [1.54, 1.807) is 0 Å². The Balaban J connectivity index is 2.13. The van der Waals surface area contributed by atoms with E-state index >= 15 is 0 Å². The van der Waals surface area contributed by atoms with Crippen molar-refractivity contribution in [1.29, 1.82) is 0 Å². The molecule has 0 bridgehead atoms. The van der Waals surface area contributed by atoms with Crippen LogP contribution in [-0.2, 0) is 9.53 Å². The van der Waals surface area contributed by atoms with E-state index in [1.165, 1.54) is 0 Å². The van der Waals surface area contributed by atoms with Crippen LogP contribution in [0.5, 0.6) is 0 Å². The Morgan fingerprint density at radius 2 is 2.08 bits per heavy atom. The van der Waals surface area contributed by atoms with Crippen molar-refractivity contribution >= 4 is 5.97 Å². The fourth-order valence-electron chi connectivity index (χ4n) is 2.38. The van der Waals surface area contributed by atoms with Gasteiger partial charge in [-0.15, -0.1) is 0 Å². The minimum atomic E-state index is -2.89. The summed E-state index contributed by atoms with van der Waals surface area (Å²) in [5.74, 6) is -4.95. The lowest BCUT2D eigenvalue weighted by atomic mass is 9.75. The first-order chi connectivity index (χ1) is 5.95. The molecule has 0 saturated heterocycles. The Kier molecular flexibility index (Phi) is 1.50. The summed E-state index contributed by atoms with van der Waals surface area (Å²) in [6.07, 6.45) is 0.472. The van der Waals surface area contributed by atoms with Crippen molar-refractivity contribution in [2.24, 2.45) is 17.1 Å². The molecule has 2 aliphatic rings. The van der Waals surface area contributed by atoms with E-state index in [9.17, 15) is 13.6 Å². The van der Waals surface area contributed by atoms with Crippen LogP contribution in [0.2, 0.25) is 0 Å². The van der Waals surface area contributed by atoms with Crippen LogP contribution in [0, 0.1) is 11.3 Å². The van der Waals surface area contributed by atoms with Gasteiger partial charge in [0.2, 0.25) is 0 Å². The Bertz CT molecular complexity index is 261. The molecule has 0 aromatic heterocycles. The normalized spacial score (nSPS) is 45.5. The van der Waals surface area contributed by atoms with Crippen LogP contribution in [-0.4, -0.2) is 25.0 Å². The van der Waals surface area contributed by atoms with Crippen molar-refractivity contribution in [1.82, 2.24) is 0 Å². The number of hydrogen-bond donors (Lipinski definition) is 1. The first-order valence-corrected chi connectivity index (χ1v) is 4.17. The van der Waals surface area contributed by atoms with Gasteiger partial charge in [0.15, 0.2) is 0 Å². The maximum Gasteiger partial charge on any atom is 0.315 e. The summed E-state index contributed by atoms with van der Waals surface area (Å²) in [6, 6.07) is -0.180. The minimum Gasteiger partial charge on any atom is -0.469 e. The molecular formula is C8H11F2NO2. The molecule has 13 heavy (non-hydrogen) atoms. The molecule has 2 saturated carbocycles. The summed E-state index contributed by atoms with van der Waals surface area (Å²) in [4.78, 5) is 11.0. The highest BCUT2D eigenvalue weighted by atomic mass is 19.3. The van der Waals surface area contributed by atoms with E-state index in [0.29, 0.717) is 0 Å². The first kappa shape index (κ1) is 8.87. The third-order valence-corrected chi connectivity index (χ3v) is 3.19. The van der Waals surface area contributed by atoms with Crippen LogP contribution >= 0.6 is 0 Å². The van der Waals surface area contributed by atoms with Gasteiger partial charge in [-0.2, -0.15) is 0 Å². The van der Waals surface area contributed by atoms with Crippen LogP contribution in [0.25, 0.3) is 0 Å². The smallest absolute Gasteiger partial charge is 0.315 e. The Morgan fingerprint density at radius 3 is 2.46 bits per heavy atom. The maximum absolute atomic E-state index is 13.2. The molecule has 0 radical (unpaired) electrons. The average molecular weight is 191 g/mol. The van der Waals surface area contributed by atoms with Gasteiger partial charge in [0.25, 0.3) is 5.92 Å². The Morgan fingerprint density at radius 1 is 1.54 bits per heavy atom. The van der Waals surface area contributed by atoms with Gasteiger partial charge in [-0.3, -0.25) is 4.79 Å². The minimum absolute atomic E-state index is 0.180. The second kappa shape index (κ2) is 2.20. The van der Waals surface area contributed by atoms with Crippen molar-refractivity contribution in [3.8, 4) is 0 Å². The van der Waals surface area contributed by atoms with Crippen LogP contribution in [0.4, 0.5) is 8.78 Å². The molecule has 0 unspecified atom stereocenters. The lowest BCUT2D eigenvalue weighted by Gasteiger charge is -2.32. The molecule has 74 valence electrons. The standard InChI is InChI=1S/C8H11F2NO2/c1-13-6(12)5-7(8(5,9)10)2-4(11)3-7/h4-5H,2-3,11H2,1H3/t4?,5-,7?/m1/s1. The zero-order chi connectivity index (χ0) is 9.85. The zero-order valence-corrected chi connectivity index (χ0v) is 7.22. The topological polar surface area (TPSA) is 52.3 Å². The van der Waals surface area contributed by atoms with E-state index in [-0.39, 0.29) is 18.9 Å². The molecular weight excluding hydrogens is 180 g/mol. The highest BCUT2D eigenvalue weighted by Crippen LogP contribution is 2.75. The van der Waals surface area contributed by atoms with Crippen molar-refractivity contribution in [2.75, 3.05) is 7.11 Å². The Labute approximate surface area is 74.2 Å². The third kappa shape index (κ3) is 0.829.